The molecule has 6 heteroatoms. The van der Waals surface area contributed by atoms with Crippen molar-refractivity contribution in [2.75, 3.05) is 12.4 Å². The Morgan fingerprint density at radius 1 is 1.50 bits per heavy atom. The second-order valence-electron chi connectivity index (χ2n) is 3.45. The molecule has 0 saturated heterocycles. The van der Waals surface area contributed by atoms with Crippen LogP contribution in [0.1, 0.15) is 16.3 Å². The summed E-state index contributed by atoms with van der Waals surface area (Å²) < 4.78 is 9.84. The molecule has 1 N–H and O–H groups in total. The number of nitrogens with zero attached hydrogens (tertiary/aromatic N) is 1. The number of carbonyl (C=O) groups excluding carboxylic acids is 1. The summed E-state index contributed by atoms with van der Waals surface area (Å²) in [7, 11) is 1.30. The number of furan rings is 1. The maximum atomic E-state index is 11.2. The molecule has 0 bridgehead atoms. The average Bonchev–Trinajstić information content (AvgIpc) is 2.86. The third-order valence-electron chi connectivity index (χ3n) is 2.26. The van der Waals surface area contributed by atoms with Crippen molar-refractivity contribution in [2.45, 2.75) is 6.54 Å². The molecular formula is C12H11ClN2O3. The molecule has 0 aliphatic heterocycles. The van der Waals surface area contributed by atoms with Crippen LogP contribution in [0.25, 0.3) is 0 Å². The number of esters is 1. The van der Waals surface area contributed by atoms with Crippen LogP contribution in [0.3, 0.4) is 0 Å². The molecule has 18 heavy (non-hydrogen) atoms. The highest BCUT2D eigenvalue weighted by atomic mass is 35.5. The smallest absolute Gasteiger partial charge is 0.373 e. The Morgan fingerprint density at radius 2 is 2.33 bits per heavy atom. The van der Waals surface area contributed by atoms with Gasteiger partial charge in [-0.25, -0.2) is 9.78 Å². The molecule has 5 nitrogen and oxygen atoms in total. The molecule has 2 aromatic rings. The number of halogens is 1. The van der Waals surface area contributed by atoms with Gasteiger partial charge in [0.1, 0.15) is 5.76 Å². The van der Waals surface area contributed by atoms with Gasteiger partial charge in [0.25, 0.3) is 0 Å². The number of methoxy groups -OCH3 is 1. The van der Waals surface area contributed by atoms with Crippen molar-refractivity contribution in [1.82, 2.24) is 4.98 Å². The van der Waals surface area contributed by atoms with Crippen molar-refractivity contribution < 1.29 is 13.9 Å². The summed E-state index contributed by atoms with van der Waals surface area (Å²) >= 11 is 5.89. The lowest BCUT2D eigenvalue weighted by Crippen LogP contribution is -2.00. The van der Waals surface area contributed by atoms with Gasteiger partial charge in [-0.05, 0) is 24.3 Å². The molecule has 0 spiro atoms. The maximum absolute atomic E-state index is 11.2. The van der Waals surface area contributed by atoms with Crippen molar-refractivity contribution in [3.63, 3.8) is 0 Å². The number of nitrogens with one attached hydrogen (secondary N) is 1. The van der Waals surface area contributed by atoms with Gasteiger partial charge in [0.05, 0.1) is 19.3 Å². The normalized spacial score (nSPS) is 10.1. The van der Waals surface area contributed by atoms with Gasteiger partial charge in [-0.3, -0.25) is 0 Å². The van der Waals surface area contributed by atoms with Gasteiger partial charge in [-0.15, -0.1) is 0 Å². The number of hydrogen-bond donors (Lipinski definition) is 1. The third kappa shape index (κ3) is 2.81. The summed E-state index contributed by atoms with van der Waals surface area (Å²) in [6.45, 7) is 0.405. The van der Waals surface area contributed by atoms with E-state index < -0.39 is 5.97 Å². The molecule has 0 unspecified atom stereocenters. The van der Waals surface area contributed by atoms with E-state index in [4.69, 9.17) is 16.0 Å². The van der Waals surface area contributed by atoms with Crippen LogP contribution in [0, 0.1) is 0 Å². The number of hydrogen-bond acceptors (Lipinski definition) is 5. The minimum absolute atomic E-state index is 0.173. The van der Waals surface area contributed by atoms with E-state index in [9.17, 15) is 4.79 Å². The maximum Gasteiger partial charge on any atom is 0.373 e. The first-order valence-electron chi connectivity index (χ1n) is 5.22. The van der Waals surface area contributed by atoms with E-state index in [1.165, 1.54) is 7.11 Å². The van der Waals surface area contributed by atoms with Crippen LogP contribution in [0.4, 0.5) is 5.69 Å². The first-order chi connectivity index (χ1) is 8.70. The van der Waals surface area contributed by atoms with E-state index in [0.717, 1.165) is 0 Å². The number of ether oxygens (including phenoxy) is 1. The van der Waals surface area contributed by atoms with Gasteiger partial charge in [-0.1, -0.05) is 11.6 Å². The third-order valence-corrected chi connectivity index (χ3v) is 2.56. The zero-order chi connectivity index (χ0) is 13.0. The van der Waals surface area contributed by atoms with Crippen molar-refractivity contribution >= 4 is 23.3 Å². The molecule has 94 valence electrons. The molecule has 0 fully saturated rings. The molecule has 0 aliphatic rings. The Balaban J connectivity index is 2.01. The quantitative estimate of drug-likeness (QED) is 0.681. The average molecular weight is 267 g/mol. The second kappa shape index (κ2) is 5.55. The Morgan fingerprint density at radius 3 is 3.06 bits per heavy atom. The van der Waals surface area contributed by atoms with Crippen LogP contribution < -0.4 is 5.32 Å². The summed E-state index contributed by atoms with van der Waals surface area (Å²) in [5, 5.41) is 3.45. The molecule has 0 radical (unpaired) electrons. The molecule has 2 aromatic heterocycles. The highest BCUT2D eigenvalue weighted by Crippen LogP contribution is 2.19. The molecular weight excluding hydrogens is 256 g/mol. The van der Waals surface area contributed by atoms with Crippen molar-refractivity contribution in [3.05, 3.63) is 47.1 Å². The van der Waals surface area contributed by atoms with E-state index in [2.05, 4.69) is 15.0 Å². The number of aromatic nitrogens is 1. The molecule has 0 aliphatic carbocycles. The Bertz CT molecular complexity index is 554. The largest absolute Gasteiger partial charge is 0.463 e. The molecule has 0 atom stereocenters. The van der Waals surface area contributed by atoms with Crippen LogP contribution in [0.5, 0.6) is 0 Å². The van der Waals surface area contributed by atoms with Crippen LogP contribution in [-0.2, 0) is 11.3 Å². The van der Waals surface area contributed by atoms with Gasteiger partial charge >= 0.3 is 5.97 Å². The van der Waals surface area contributed by atoms with E-state index in [1.807, 2.05) is 0 Å². The van der Waals surface area contributed by atoms with Gasteiger partial charge in [0.2, 0.25) is 5.76 Å². The zero-order valence-electron chi connectivity index (χ0n) is 9.64. The lowest BCUT2D eigenvalue weighted by Gasteiger charge is -2.05. The van der Waals surface area contributed by atoms with E-state index in [1.54, 1.807) is 30.5 Å². The number of rotatable bonds is 4. The van der Waals surface area contributed by atoms with Gasteiger partial charge < -0.3 is 14.5 Å². The highest BCUT2D eigenvalue weighted by molar-refractivity contribution is 6.31. The molecule has 2 heterocycles. The Kier molecular flexibility index (Phi) is 3.84. The van der Waals surface area contributed by atoms with Crippen molar-refractivity contribution in [3.8, 4) is 0 Å². The molecule has 0 aromatic carbocycles. The standard InChI is InChI=1S/C12H11ClN2O3/c1-17-12(16)10-5-4-8(18-10)7-15-9-3-2-6-14-11(9)13/h2-6,15H,7H2,1H3. The fourth-order valence-corrected chi connectivity index (χ4v) is 1.57. The first-order valence-corrected chi connectivity index (χ1v) is 5.60. The fourth-order valence-electron chi connectivity index (χ4n) is 1.38. The summed E-state index contributed by atoms with van der Waals surface area (Å²) in [6.07, 6.45) is 1.61. The molecule has 0 saturated carbocycles. The SMILES string of the molecule is COC(=O)c1ccc(CNc2cccnc2Cl)o1. The van der Waals surface area contributed by atoms with Gasteiger partial charge in [-0.2, -0.15) is 0 Å². The van der Waals surface area contributed by atoms with Crippen LogP contribution in [0.15, 0.2) is 34.9 Å². The lowest BCUT2D eigenvalue weighted by molar-refractivity contribution is 0.0563. The molecule has 0 amide bonds. The van der Waals surface area contributed by atoms with Crippen LogP contribution >= 0.6 is 11.6 Å². The van der Waals surface area contributed by atoms with Gasteiger partial charge in [0.15, 0.2) is 5.15 Å². The van der Waals surface area contributed by atoms with Crippen molar-refractivity contribution in [1.29, 1.82) is 0 Å². The molecule has 2 rings (SSSR count). The summed E-state index contributed by atoms with van der Waals surface area (Å²) in [6, 6.07) is 6.84. The first kappa shape index (κ1) is 12.4. The van der Waals surface area contributed by atoms with Crippen molar-refractivity contribution in [2.24, 2.45) is 0 Å². The van der Waals surface area contributed by atoms with Crippen LogP contribution in [0.2, 0.25) is 5.15 Å². The summed E-state index contributed by atoms with van der Waals surface area (Å²) in [5.74, 6) is 0.280. The minimum Gasteiger partial charge on any atom is -0.463 e. The summed E-state index contributed by atoms with van der Waals surface area (Å²) in [4.78, 5) is 15.1. The lowest BCUT2D eigenvalue weighted by atomic mass is 10.4. The number of carbonyl (C=O) groups is 1. The van der Waals surface area contributed by atoms with E-state index in [-0.39, 0.29) is 5.76 Å². The Labute approximate surface area is 109 Å². The summed E-state index contributed by atoms with van der Waals surface area (Å²) in [5.41, 5.74) is 0.704. The predicted octanol–water partition coefficient (Wildman–Crippen LogP) is 2.73. The van der Waals surface area contributed by atoms with Gasteiger partial charge in [0, 0.05) is 6.20 Å². The van der Waals surface area contributed by atoms with E-state index in [0.29, 0.717) is 23.1 Å². The number of pyridine rings is 1. The van der Waals surface area contributed by atoms with Crippen LogP contribution in [-0.4, -0.2) is 18.1 Å². The zero-order valence-corrected chi connectivity index (χ0v) is 10.4. The number of anilines is 1. The fraction of sp³-hybridized carbons (Fsp3) is 0.167. The minimum atomic E-state index is -0.499. The second-order valence-corrected chi connectivity index (χ2v) is 3.81. The monoisotopic (exact) mass is 266 g/mol. The topological polar surface area (TPSA) is 64.4 Å². The highest BCUT2D eigenvalue weighted by Gasteiger charge is 2.11. The van der Waals surface area contributed by atoms with E-state index >= 15 is 0 Å². The Hall–Kier alpha value is -2.01. The predicted molar refractivity (Wildman–Crippen MR) is 66.6 cm³/mol.